The van der Waals surface area contributed by atoms with E-state index in [-0.39, 0.29) is 5.82 Å². The van der Waals surface area contributed by atoms with Gasteiger partial charge >= 0.3 is 0 Å². The van der Waals surface area contributed by atoms with Crippen molar-refractivity contribution in [1.82, 2.24) is 19.9 Å². The zero-order valence-electron chi connectivity index (χ0n) is 17.4. The van der Waals surface area contributed by atoms with Crippen molar-refractivity contribution in [3.05, 3.63) is 60.5 Å². The van der Waals surface area contributed by atoms with Crippen LogP contribution in [0, 0.1) is 5.82 Å². The topological polar surface area (TPSA) is 46.4 Å². The van der Waals surface area contributed by atoms with Gasteiger partial charge in [0, 0.05) is 38.3 Å². The molecule has 1 aromatic heterocycles. The van der Waals surface area contributed by atoms with Crippen molar-refractivity contribution in [3.63, 3.8) is 0 Å². The lowest BCUT2D eigenvalue weighted by Crippen LogP contribution is -2.46. The fourth-order valence-corrected chi connectivity index (χ4v) is 3.99. The summed E-state index contributed by atoms with van der Waals surface area (Å²) in [6.07, 6.45) is 3.81. The fraction of sp³-hybridized carbons (Fsp3) is 0.391. The van der Waals surface area contributed by atoms with Crippen molar-refractivity contribution < 1.29 is 9.13 Å². The molecule has 0 aliphatic carbocycles. The van der Waals surface area contributed by atoms with Crippen LogP contribution in [0.1, 0.15) is 12.8 Å². The molecule has 1 aliphatic heterocycles. The molecule has 0 N–H and O–H groups in total. The molecule has 0 radical (unpaired) electrons. The highest BCUT2D eigenvalue weighted by atomic mass is 19.1. The SMILES string of the molecule is COc1ccccc1N1CCN(CCCCn2nncc2-c2cccc(F)c2)CC1. The first-order valence-electron chi connectivity index (χ1n) is 10.5. The Hall–Kier alpha value is -2.93. The second kappa shape index (κ2) is 9.71. The second-order valence-electron chi connectivity index (χ2n) is 7.56. The maximum Gasteiger partial charge on any atom is 0.142 e. The molecule has 4 rings (SSSR count). The van der Waals surface area contributed by atoms with Crippen molar-refractivity contribution in [2.45, 2.75) is 19.4 Å². The summed E-state index contributed by atoms with van der Waals surface area (Å²) in [6, 6.07) is 14.8. The smallest absolute Gasteiger partial charge is 0.142 e. The molecular formula is C23H28FN5O. The molecule has 0 saturated carbocycles. The van der Waals surface area contributed by atoms with E-state index in [9.17, 15) is 4.39 Å². The Morgan fingerprint density at radius 1 is 0.967 bits per heavy atom. The van der Waals surface area contributed by atoms with Gasteiger partial charge in [0.15, 0.2) is 0 Å². The molecule has 0 bridgehead atoms. The van der Waals surface area contributed by atoms with Crippen LogP contribution in [-0.2, 0) is 6.54 Å². The van der Waals surface area contributed by atoms with Crippen LogP contribution in [0.2, 0.25) is 0 Å². The van der Waals surface area contributed by atoms with Gasteiger partial charge in [-0.25, -0.2) is 9.07 Å². The third-order valence-electron chi connectivity index (χ3n) is 5.63. The Labute approximate surface area is 176 Å². The lowest BCUT2D eigenvalue weighted by Gasteiger charge is -2.36. The first-order valence-corrected chi connectivity index (χ1v) is 10.5. The largest absolute Gasteiger partial charge is 0.495 e. The van der Waals surface area contributed by atoms with Crippen molar-refractivity contribution in [2.24, 2.45) is 0 Å². The summed E-state index contributed by atoms with van der Waals surface area (Å²) >= 11 is 0. The Morgan fingerprint density at radius 2 is 1.77 bits per heavy atom. The maximum atomic E-state index is 13.5. The summed E-state index contributed by atoms with van der Waals surface area (Å²) in [5.41, 5.74) is 2.85. The highest BCUT2D eigenvalue weighted by Crippen LogP contribution is 2.28. The Kier molecular flexibility index (Phi) is 6.59. The maximum absolute atomic E-state index is 13.5. The average Bonchev–Trinajstić information content (AvgIpc) is 3.26. The van der Waals surface area contributed by atoms with Crippen LogP contribution in [0.3, 0.4) is 0 Å². The highest BCUT2D eigenvalue weighted by Gasteiger charge is 2.19. The number of rotatable bonds is 8. The molecule has 1 aliphatic rings. The average molecular weight is 410 g/mol. The molecule has 1 saturated heterocycles. The quantitative estimate of drug-likeness (QED) is 0.531. The van der Waals surface area contributed by atoms with E-state index in [0.29, 0.717) is 0 Å². The van der Waals surface area contributed by atoms with Crippen LogP contribution >= 0.6 is 0 Å². The van der Waals surface area contributed by atoms with Crippen molar-refractivity contribution in [3.8, 4) is 17.0 Å². The van der Waals surface area contributed by atoms with Gasteiger partial charge in [-0.3, -0.25) is 4.90 Å². The molecule has 2 aromatic carbocycles. The number of halogens is 1. The number of unbranched alkanes of at least 4 members (excludes halogenated alkanes) is 1. The number of hydrogen-bond acceptors (Lipinski definition) is 5. The standard InChI is InChI=1S/C23H28FN5O/c1-30-23-10-3-2-9-21(23)28-15-13-27(14-16-28)11-4-5-12-29-22(18-25-26-29)19-7-6-8-20(24)17-19/h2-3,6-10,17-18H,4-5,11-16H2,1H3. The van der Waals surface area contributed by atoms with Crippen LogP contribution in [0.25, 0.3) is 11.3 Å². The number of hydrogen-bond donors (Lipinski definition) is 0. The van der Waals surface area contributed by atoms with Crippen LogP contribution in [0.4, 0.5) is 10.1 Å². The molecule has 6 nitrogen and oxygen atoms in total. The van der Waals surface area contributed by atoms with Crippen molar-refractivity contribution >= 4 is 5.69 Å². The number of aryl methyl sites for hydroxylation is 1. The minimum Gasteiger partial charge on any atom is -0.495 e. The predicted octanol–water partition coefficient (Wildman–Crippen LogP) is 3.70. The normalized spacial score (nSPS) is 14.8. The van der Waals surface area contributed by atoms with Gasteiger partial charge in [-0.05, 0) is 43.7 Å². The van der Waals surface area contributed by atoms with Crippen LogP contribution in [0.5, 0.6) is 5.75 Å². The lowest BCUT2D eigenvalue weighted by molar-refractivity contribution is 0.250. The molecule has 0 amide bonds. The van der Waals surface area contributed by atoms with Gasteiger partial charge in [0.1, 0.15) is 11.6 Å². The van der Waals surface area contributed by atoms with E-state index in [4.69, 9.17) is 4.74 Å². The Bertz CT molecular complexity index is 952. The Morgan fingerprint density at radius 3 is 2.57 bits per heavy atom. The number of anilines is 1. The van der Waals surface area contributed by atoms with Gasteiger partial charge < -0.3 is 9.64 Å². The third-order valence-corrected chi connectivity index (χ3v) is 5.63. The van der Waals surface area contributed by atoms with Gasteiger partial charge in [0.2, 0.25) is 0 Å². The number of piperazine rings is 1. The van der Waals surface area contributed by atoms with E-state index < -0.39 is 0 Å². The molecule has 3 aromatic rings. The number of aromatic nitrogens is 3. The van der Waals surface area contributed by atoms with Gasteiger partial charge in [0.05, 0.1) is 24.7 Å². The molecular weight excluding hydrogens is 381 g/mol. The van der Waals surface area contributed by atoms with Gasteiger partial charge in [-0.1, -0.05) is 29.5 Å². The monoisotopic (exact) mass is 409 g/mol. The minimum absolute atomic E-state index is 0.243. The first kappa shape index (κ1) is 20.3. The summed E-state index contributed by atoms with van der Waals surface area (Å²) in [5.74, 6) is 0.695. The summed E-state index contributed by atoms with van der Waals surface area (Å²) < 4.78 is 20.9. The molecule has 7 heteroatoms. The zero-order chi connectivity index (χ0) is 20.8. The zero-order valence-corrected chi connectivity index (χ0v) is 17.4. The fourth-order valence-electron chi connectivity index (χ4n) is 3.99. The van der Waals surface area contributed by atoms with E-state index in [1.54, 1.807) is 19.4 Å². The van der Waals surface area contributed by atoms with E-state index in [1.807, 2.05) is 22.9 Å². The summed E-state index contributed by atoms with van der Waals surface area (Å²) in [7, 11) is 1.73. The molecule has 1 fully saturated rings. The summed E-state index contributed by atoms with van der Waals surface area (Å²) in [4.78, 5) is 4.91. The summed E-state index contributed by atoms with van der Waals surface area (Å²) in [5, 5.41) is 8.19. The summed E-state index contributed by atoms with van der Waals surface area (Å²) in [6.45, 7) is 5.98. The molecule has 0 unspecified atom stereocenters. The second-order valence-corrected chi connectivity index (χ2v) is 7.56. The van der Waals surface area contributed by atoms with Crippen LogP contribution in [-0.4, -0.2) is 59.7 Å². The molecule has 0 atom stereocenters. The first-order chi connectivity index (χ1) is 14.7. The van der Waals surface area contributed by atoms with E-state index in [2.05, 4.69) is 32.2 Å². The Balaban J connectivity index is 1.23. The van der Waals surface area contributed by atoms with Crippen molar-refractivity contribution in [1.29, 1.82) is 0 Å². The van der Waals surface area contributed by atoms with Crippen LogP contribution < -0.4 is 9.64 Å². The van der Waals surface area contributed by atoms with Crippen LogP contribution in [0.15, 0.2) is 54.7 Å². The minimum atomic E-state index is -0.243. The lowest BCUT2D eigenvalue weighted by atomic mass is 10.1. The molecule has 0 spiro atoms. The molecule has 2 heterocycles. The van der Waals surface area contributed by atoms with E-state index >= 15 is 0 Å². The number of para-hydroxylation sites is 2. The number of methoxy groups -OCH3 is 1. The molecule has 158 valence electrons. The number of nitrogens with zero attached hydrogens (tertiary/aromatic N) is 5. The van der Waals surface area contributed by atoms with Gasteiger partial charge in [-0.2, -0.15) is 0 Å². The van der Waals surface area contributed by atoms with Crippen molar-refractivity contribution in [2.75, 3.05) is 44.7 Å². The van der Waals surface area contributed by atoms with Gasteiger partial charge in [0.25, 0.3) is 0 Å². The van der Waals surface area contributed by atoms with Gasteiger partial charge in [-0.15, -0.1) is 5.10 Å². The predicted molar refractivity (Wildman–Crippen MR) is 116 cm³/mol. The highest BCUT2D eigenvalue weighted by molar-refractivity contribution is 5.59. The van der Waals surface area contributed by atoms with E-state index in [1.165, 1.54) is 17.8 Å². The molecule has 30 heavy (non-hydrogen) atoms. The number of benzene rings is 2. The van der Waals surface area contributed by atoms with E-state index in [0.717, 1.165) is 69.1 Å². The number of ether oxygens (including phenoxy) is 1. The third kappa shape index (κ3) is 4.79.